The highest BCUT2D eigenvalue weighted by Crippen LogP contribution is 2.17. The van der Waals surface area contributed by atoms with Crippen LogP contribution in [0.3, 0.4) is 0 Å². The SMILES string of the molecule is COCCONS(=O)(=O)c1ccc2c(c1)oc(=O)n2C. The highest BCUT2D eigenvalue weighted by Gasteiger charge is 2.17. The van der Waals surface area contributed by atoms with Gasteiger partial charge in [-0.2, -0.15) is 0 Å². The molecule has 1 aromatic carbocycles. The Balaban J connectivity index is 2.26. The molecule has 2 aromatic rings. The number of rotatable bonds is 6. The van der Waals surface area contributed by atoms with Crippen LogP contribution >= 0.6 is 0 Å². The van der Waals surface area contributed by atoms with Crippen LogP contribution in [0.25, 0.3) is 11.1 Å². The molecule has 0 saturated heterocycles. The first-order valence-corrected chi connectivity index (χ1v) is 7.16. The molecule has 20 heavy (non-hydrogen) atoms. The van der Waals surface area contributed by atoms with Gasteiger partial charge in [0.25, 0.3) is 10.0 Å². The molecule has 0 spiro atoms. The average Bonchev–Trinajstić information content (AvgIpc) is 2.70. The highest BCUT2D eigenvalue weighted by molar-refractivity contribution is 7.89. The van der Waals surface area contributed by atoms with Crippen molar-refractivity contribution in [2.75, 3.05) is 20.3 Å². The highest BCUT2D eigenvalue weighted by atomic mass is 32.2. The minimum Gasteiger partial charge on any atom is -0.408 e. The van der Waals surface area contributed by atoms with Crippen molar-refractivity contribution in [1.29, 1.82) is 0 Å². The van der Waals surface area contributed by atoms with Gasteiger partial charge in [-0.3, -0.25) is 9.40 Å². The van der Waals surface area contributed by atoms with Crippen molar-refractivity contribution in [3.8, 4) is 0 Å². The summed E-state index contributed by atoms with van der Waals surface area (Å²) in [5.41, 5.74) is 0.700. The second-order valence-electron chi connectivity index (χ2n) is 3.98. The first kappa shape index (κ1) is 14.7. The van der Waals surface area contributed by atoms with Crippen LogP contribution in [0.2, 0.25) is 0 Å². The Kier molecular flexibility index (Phi) is 4.23. The molecule has 0 aliphatic heterocycles. The Morgan fingerprint density at radius 3 is 2.80 bits per heavy atom. The third-order valence-electron chi connectivity index (χ3n) is 2.63. The standard InChI is InChI=1S/C11H14N2O6S/c1-13-9-4-3-8(7-10(9)19-11(13)14)20(15,16)12-18-6-5-17-2/h3-4,7,12H,5-6H2,1-2H3. The molecule has 0 aliphatic carbocycles. The van der Waals surface area contributed by atoms with Gasteiger partial charge >= 0.3 is 5.76 Å². The molecule has 0 aliphatic rings. The molecular weight excluding hydrogens is 288 g/mol. The Morgan fingerprint density at radius 2 is 2.10 bits per heavy atom. The molecule has 0 saturated carbocycles. The maximum absolute atomic E-state index is 11.9. The number of oxazole rings is 1. The van der Waals surface area contributed by atoms with E-state index in [0.717, 1.165) is 0 Å². The molecule has 1 N–H and O–H groups in total. The second-order valence-corrected chi connectivity index (χ2v) is 5.63. The summed E-state index contributed by atoms with van der Waals surface area (Å²) in [6, 6.07) is 4.11. The van der Waals surface area contributed by atoms with Gasteiger partial charge in [-0.1, -0.05) is 4.89 Å². The van der Waals surface area contributed by atoms with Crippen LogP contribution in [0.1, 0.15) is 0 Å². The number of nitrogens with one attached hydrogen (secondary N) is 1. The van der Waals surface area contributed by atoms with Crippen molar-refractivity contribution in [2.24, 2.45) is 7.05 Å². The number of fused-ring (bicyclic) bond motifs is 1. The van der Waals surface area contributed by atoms with Crippen molar-refractivity contribution in [2.45, 2.75) is 4.90 Å². The molecule has 0 atom stereocenters. The van der Waals surface area contributed by atoms with E-state index in [-0.39, 0.29) is 23.7 Å². The number of aryl methyl sites for hydroxylation is 1. The topological polar surface area (TPSA) is 99.8 Å². The van der Waals surface area contributed by atoms with Gasteiger partial charge in [0.1, 0.15) is 0 Å². The number of benzene rings is 1. The van der Waals surface area contributed by atoms with Crippen LogP contribution in [0.4, 0.5) is 0 Å². The Bertz CT molecular complexity index is 761. The summed E-state index contributed by atoms with van der Waals surface area (Å²) in [5.74, 6) is -0.557. The van der Waals surface area contributed by atoms with Gasteiger partial charge in [-0.25, -0.2) is 13.2 Å². The van der Waals surface area contributed by atoms with E-state index in [1.165, 1.54) is 36.9 Å². The van der Waals surface area contributed by atoms with Crippen molar-refractivity contribution < 1.29 is 22.4 Å². The lowest BCUT2D eigenvalue weighted by molar-refractivity contribution is 0.0438. The monoisotopic (exact) mass is 302 g/mol. The molecule has 0 radical (unpaired) electrons. The predicted octanol–water partition coefficient (Wildman–Crippen LogP) is -0.0122. The van der Waals surface area contributed by atoms with Gasteiger partial charge in [0.05, 0.1) is 23.6 Å². The zero-order valence-corrected chi connectivity index (χ0v) is 11.8. The number of sulfonamides is 1. The summed E-state index contributed by atoms with van der Waals surface area (Å²) in [5, 5.41) is 0. The number of ether oxygens (including phenoxy) is 1. The van der Waals surface area contributed by atoms with E-state index in [0.29, 0.717) is 5.52 Å². The van der Waals surface area contributed by atoms with Gasteiger partial charge in [-0.15, -0.1) is 0 Å². The van der Waals surface area contributed by atoms with Gasteiger partial charge in [0.2, 0.25) is 0 Å². The molecule has 8 nitrogen and oxygen atoms in total. The van der Waals surface area contributed by atoms with Gasteiger partial charge in [0, 0.05) is 20.2 Å². The molecule has 110 valence electrons. The Morgan fingerprint density at radius 1 is 1.35 bits per heavy atom. The Labute approximate surface area is 114 Å². The van der Waals surface area contributed by atoms with E-state index in [2.05, 4.69) is 0 Å². The summed E-state index contributed by atoms with van der Waals surface area (Å²) in [7, 11) is -0.823. The van der Waals surface area contributed by atoms with E-state index >= 15 is 0 Å². The fourth-order valence-corrected chi connectivity index (χ4v) is 2.42. The molecule has 0 bridgehead atoms. The summed E-state index contributed by atoms with van der Waals surface area (Å²) >= 11 is 0. The normalized spacial score (nSPS) is 12.1. The van der Waals surface area contributed by atoms with Gasteiger partial charge in [0.15, 0.2) is 5.58 Å². The van der Waals surface area contributed by atoms with Crippen LogP contribution in [0, 0.1) is 0 Å². The fraction of sp³-hybridized carbons (Fsp3) is 0.364. The predicted molar refractivity (Wildman–Crippen MR) is 69.6 cm³/mol. The van der Waals surface area contributed by atoms with Crippen LogP contribution < -0.4 is 10.6 Å². The van der Waals surface area contributed by atoms with Crippen molar-refractivity contribution in [3.63, 3.8) is 0 Å². The largest absolute Gasteiger partial charge is 0.419 e. The lowest BCUT2D eigenvalue weighted by Crippen LogP contribution is -2.25. The third-order valence-corrected chi connectivity index (χ3v) is 3.84. The summed E-state index contributed by atoms with van der Waals surface area (Å²) in [6.07, 6.45) is 0. The number of hydrogen-bond acceptors (Lipinski definition) is 6. The average molecular weight is 302 g/mol. The van der Waals surface area contributed by atoms with Crippen molar-refractivity contribution in [1.82, 2.24) is 9.45 Å². The second kappa shape index (κ2) is 5.75. The fourth-order valence-electron chi connectivity index (χ4n) is 1.57. The smallest absolute Gasteiger partial charge is 0.408 e. The number of nitrogens with zero attached hydrogens (tertiary/aromatic N) is 1. The van der Waals surface area contributed by atoms with Crippen molar-refractivity contribution >= 4 is 21.1 Å². The Hall–Kier alpha value is -1.68. The van der Waals surface area contributed by atoms with E-state index < -0.39 is 15.8 Å². The van der Waals surface area contributed by atoms with E-state index in [4.69, 9.17) is 14.0 Å². The summed E-state index contributed by atoms with van der Waals surface area (Å²) in [4.78, 5) is 18.0. The van der Waals surface area contributed by atoms with Crippen LogP contribution in [-0.4, -0.2) is 33.3 Å². The summed E-state index contributed by atoms with van der Waals surface area (Å²) < 4.78 is 34.8. The first-order valence-electron chi connectivity index (χ1n) is 5.68. The van der Waals surface area contributed by atoms with Crippen molar-refractivity contribution in [3.05, 3.63) is 28.7 Å². The molecule has 0 unspecified atom stereocenters. The molecule has 1 aromatic heterocycles. The molecule has 0 amide bonds. The molecule has 9 heteroatoms. The summed E-state index contributed by atoms with van der Waals surface area (Å²) in [6.45, 7) is 0.341. The zero-order chi connectivity index (χ0) is 14.8. The first-order chi connectivity index (χ1) is 9.45. The van der Waals surface area contributed by atoms with Crippen LogP contribution in [-0.2, 0) is 26.6 Å². The van der Waals surface area contributed by atoms with Gasteiger partial charge in [-0.05, 0) is 12.1 Å². The number of methoxy groups -OCH3 is 1. The molecular formula is C11H14N2O6S. The van der Waals surface area contributed by atoms with Crippen LogP contribution in [0.15, 0.2) is 32.3 Å². The molecule has 0 fully saturated rings. The van der Waals surface area contributed by atoms with E-state index in [1.807, 2.05) is 4.89 Å². The molecule has 1 heterocycles. The molecule has 2 rings (SSSR count). The quantitative estimate of drug-likeness (QED) is 0.595. The number of aromatic nitrogens is 1. The maximum Gasteiger partial charge on any atom is 0.419 e. The zero-order valence-electron chi connectivity index (χ0n) is 11.0. The third kappa shape index (κ3) is 2.90. The van der Waals surface area contributed by atoms with Gasteiger partial charge < -0.3 is 9.15 Å². The lowest BCUT2D eigenvalue weighted by atomic mass is 10.3. The number of hydrogen-bond donors (Lipinski definition) is 1. The maximum atomic E-state index is 11.9. The minimum atomic E-state index is -3.83. The van der Waals surface area contributed by atoms with E-state index in [1.54, 1.807) is 0 Å². The van der Waals surface area contributed by atoms with E-state index in [9.17, 15) is 13.2 Å². The lowest BCUT2D eigenvalue weighted by Gasteiger charge is -2.06. The minimum absolute atomic E-state index is 0.0585. The van der Waals surface area contributed by atoms with Crippen LogP contribution in [0.5, 0.6) is 0 Å².